The SMILES string of the molecule is CCN(CC)c1ccc2c(-c3ccccc3C(=O)N3CCN(C(=O)CCC(=O)NCCN(CC=O)C(=O)Cn4ccc(N)nc4=O)CC3)c3ccc(=[N+](CC)CC)cc-3oc2c1. The predicted molar refractivity (Wildman–Crippen MR) is 238 cm³/mol. The van der Waals surface area contributed by atoms with Gasteiger partial charge in [-0.1, -0.05) is 18.2 Å². The molecule has 16 nitrogen and oxygen atoms in total. The number of carbonyl (C=O) groups is 5. The molecule has 4 amide bonds. The van der Waals surface area contributed by atoms with E-state index in [9.17, 15) is 28.8 Å². The van der Waals surface area contributed by atoms with Crippen LogP contribution in [0.5, 0.6) is 0 Å². The average molecular weight is 847 g/mol. The minimum atomic E-state index is -0.697. The number of nitrogen functional groups attached to an aromatic ring is 1. The van der Waals surface area contributed by atoms with Crippen LogP contribution >= 0.6 is 0 Å². The molecule has 62 heavy (non-hydrogen) atoms. The minimum Gasteiger partial charge on any atom is -0.456 e. The van der Waals surface area contributed by atoms with Gasteiger partial charge >= 0.3 is 5.69 Å². The normalized spacial score (nSPS) is 12.6. The van der Waals surface area contributed by atoms with E-state index in [1.165, 1.54) is 17.2 Å². The predicted octanol–water partition coefficient (Wildman–Crippen LogP) is 2.91. The molecule has 1 saturated heterocycles. The van der Waals surface area contributed by atoms with Crippen LogP contribution in [0.3, 0.4) is 0 Å². The van der Waals surface area contributed by atoms with E-state index in [0.717, 1.165) is 75.2 Å². The number of benzene rings is 3. The summed E-state index contributed by atoms with van der Waals surface area (Å²) in [5.74, 6) is -0.474. The molecule has 2 aromatic carbocycles. The Hall–Kier alpha value is -6.84. The highest BCUT2D eigenvalue weighted by atomic mass is 16.3. The van der Waals surface area contributed by atoms with E-state index in [1.807, 2.05) is 24.3 Å². The van der Waals surface area contributed by atoms with Crippen LogP contribution in [0.4, 0.5) is 11.5 Å². The lowest BCUT2D eigenvalue weighted by atomic mass is 9.90. The Morgan fingerprint density at radius 1 is 0.887 bits per heavy atom. The number of nitrogens with zero attached hydrogens (tertiary/aromatic N) is 7. The van der Waals surface area contributed by atoms with E-state index in [4.69, 9.17) is 10.2 Å². The number of anilines is 2. The van der Waals surface area contributed by atoms with E-state index in [2.05, 4.69) is 83.9 Å². The fourth-order valence-electron chi connectivity index (χ4n) is 7.96. The van der Waals surface area contributed by atoms with Crippen molar-refractivity contribution in [2.24, 2.45) is 0 Å². The summed E-state index contributed by atoms with van der Waals surface area (Å²) in [4.78, 5) is 86.9. The second-order valence-electron chi connectivity index (χ2n) is 15.0. The molecule has 0 saturated carbocycles. The highest BCUT2D eigenvalue weighted by Gasteiger charge is 2.29. The zero-order valence-electron chi connectivity index (χ0n) is 36.0. The van der Waals surface area contributed by atoms with E-state index in [0.29, 0.717) is 38.0 Å². The van der Waals surface area contributed by atoms with Crippen molar-refractivity contribution in [2.45, 2.75) is 47.1 Å². The summed E-state index contributed by atoms with van der Waals surface area (Å²) in [6.07, 6.45) is 1.80. The van der Waals surface area contributed by atoms with Crippen molar-refractivity contribution in [3.8, 4) is 22.5 Å². The number of nitrogens with one attached hydrogen (secondary N) is 1. The third-order valence-corrected chi connectivity index (χ3v) is 11.4. The monoisotopic (exact) mass is 846 g/mol. The van der Waals surface area contributed by atoms with E-state index in [1.54, 1.807) is 9.80 Å². The Bertz CT molecular complexity index is 2530. The zero-order valence-corrected chi connectivity index (χ0v) is 36.0. The van der Waals surface area contributed by atoms with Crippen molar-refractivity contribution in [1.82, 2.24) is 34.1 Å². The summed E-state index contributed by atoms with van der Waals surface area (Å²) in [5.41, 5.74) is 9.79. The maximum atomic E-state index is 14.4. The molecular formula is C46H56N9O7+. The lowest BCUT2D eigenvalue weighted by Crippen LogP contribution is -2.50. The van der Waals surface area contributed by atoms with Gasteiger partial charge in [-0.25, -0.2) is 9.37 Å². The van der Waals surface area contributed by atoms with Crippen LogP contribution < -0.4 is 31.6 Å². The second kappa shape index (κ2) is 20.6. The van der Waals surface area contributed by atoms with Crippen LogP contribution in [0.25, 0.3) is 33.4 Å². The van der Waals surface area contributed by atoms with Gasteiger partial charge in [0.2, 0.25) is 23.1 Å². The summed E-state index contributed by atoms with van der Waals surface area (Å²) < 4.78 is 10.0. The molecule has 1 aliphatic carbocycles. The third kappa shape index (κ3) is 10.2. The van der Waals surface area contributed by atoms with Gasteiger partial charge in [0.25, 0.3) is 5.91 Å². The van der Waals surface area contributed by atoms with Crippen molar-refractivity contribution in [3.63, 3.8) is 0 Å². The van der Waals surface area contributed by atoms with Gasteiger partial charge in [-0.2, -0.15) is 4.98 Å². The molecular weight excluding hydrogens is 791 g/mol. The highest BCUT2D eigenvalue weighted by Crippen LogP contribution is 2.42. The van der Waals surface area contributed by atoms with E-state index < -0.39 is 11.6 Å². The largest absolute Gasteiger partial charge is 0.456 e. The molecule has 0 radical (unpaired) electrons. The molecule has 16 heteroatoms. The van der Waals surface area contributed by atoms with Crippen LogP contribution in [0.1, 0.15) is 50.9 Å². The van der Waals surface area contributed by atoms with Gasteiger partial charge in [-0.3, -0.25) is 23.7 Å². The number of fused-ring (bicyclic) bond motifs is 2. The number of carbonyl (C=O) groups excluding carboxylic acids is 5. The highest BCUT2D eigenvalue weighted by molar-refractivity contribution is 6.09. The first-order valence-corrected chi connectivity index (χ1v) is 21.3. The lowest BCUT2D eigenvalue weighted by Gasteiger charge is -2.35. The summed E-state index contributed by atoms with van der Waals surface area (Å²) in [6.45, 7) is 12.7. The number of hydrogen-bond donors (Lipinski definition) is 2. The standard InChI is InChI=1S/C46H55N9O7/c1-5-50(6-2)32-13-15-36-38(29-32)62-39-30-33(51(7-3)8-4)14-16-37(39)44(36)34-11-9-10-12-35(34)45(60)54-25-23-53(24-26-54)42(58)18-17-41(57)48-20-22-52(27-28-56)43(59)31-55-21-19-40(47)49-46(55)61/h9-16,19,21,28-30H,5-8,17-18,20,22-27,31H2,1-4H3,(H2-,47,48,49,57,61)/p+1. The molecule has 1 fully saturated rings. The van der Waals surface area contributed by atoms with Crippen molar-refractivity contribution in [1.29, 1.82) is 0 Å². The van der Waals surface area contributed by atoms with Crippen LogP contribution in [0.15, 0.2) is 82.1 Å². The molecule has 3 aromatic rings. The number of hydrogen-bond acceptors (Lipinski definition) is 10. The van der Waals surface area contributed by atoms with Gasteiger partial charge in [0.05, 0.1) is 12.6 Å². The molecule has 0 spiro atoms. The number of aromatic nitrogens is 2. The Morgan fingerprint density at radius 3 is 2.31 bits per heavy atom. The zero-order chi connectivity index (χ0) is 44.3. The van der Waals surface area contributed by atoms with Crippen molar-refractivity contribution < 1.29 is 28.4 Å². The smallest absolute Gasteiger partial charge is 0.349 e. The summed E-state index contributed by atoms with van der Waals surface area (Å²) in [7, 11) is 0. The number of nitrogens with two attached hydrogens (primary N) is 1. The molecule has 3 N–H and O–H groups in total. The lowest BCUT2D eigenvalue weighted by molar-refractivity contribution is -0.135. The molecule has 1 aromatic heterocycles. The number of amides is 4. The minimum absolute atomic E-state index is 0.0226. The summed E-state index contributed by atoms with van der Waals surface area (Å²) in [6, 6.07) is 21.6. The summed E-state index contributed by atoms with van der Waals surface area (Å²) in [5, 5.41) is 4.66. The Balaban J connectivity index is 1.11. The maximum absolute atomic E-state index is 14.4. The van der Waals surface area contributed by atoms with Crippen LogP contribution in [-0.4, -0.2) is 126 Å². The van der Waals surface area contributed by atoms with Crippen LogP contribution in [0.2, 0.25) is 0 Å². The van der Waals surface area contributed by atoms with Gasteiger partial charge in [-0.05, 0) is 63.6 Å². The van der Waals surface area contributed by atoms with Crippen molar-refractivity contribution in [3.05, 3.63) is 94.3 Å². The van der Waals surface area contributed by atoms with Crippen molar-refractivity contribution >= 4 is 52.4 Å². The Labute approximate surface area is 360 Å². The second-order valence-corrected chi connectivity index (χ2v) is 15.0. The van der Waals surface area contributed by atoms with Gasteiger partial charge in [0, 0.05) is 111 Å². The van der Waals surface area contributed by atoms with Gasteiger partial charge in [0.15, 0.2) is 0 Å². The van der Waals surface area contributed by atoms with Crippen molar-refractivity contribution in [2.75, 3.05) is 82.6 Å². The molecule has 2 aliphatic heterocycles. The first-order valence-electron chi connectivity index (χ1n) is 21.3. The molecule has 3 aliphatic rings. The third-order valence-electron chi connectivity index (χ3n) is 11.4. The molecule has 6 rings (SSSR count). The fraction of sp³-hybridized carbons (Fsp3) is 0.391. The molecule has 0 unspecified atom stereocenters. The number of piperazine rings is 1. The fourth-order valence-corrected chi connectivity index (χ4v) is 7.96. The van der Waals surface area contributed by atoms with E-state index >= 15 is 0 Å². The average Bonchev–Trinajstić information content (AvgIpc) is 3.28. The van der Waals surface area contributed by atoms with Gasteiger partial charge < -0.3 is 39.9 Å². The molecule has 0 bridgehead atoms. The topological polar surface area (TPSA) is 187 Å². The van der Waals surface area contributed by atoms with Gasteiger partial charge in [-0.15, -0.1) is 0 Å². The Morgan fingerprint density at radius 2 is 1.61 bits per heavy atom. The summed E-state index contributed by atoms with van der Waals surface area (Å²) >= 11 is 0. The first-order chi connectivity index (χ1) is 30.0. The van der Waals surface area contributed by atoms with Crippen LogP contribution in [-0.2, 0) is 25.7 Å². The maximum Gasteiger partial charge on any atom is 0.349 e. The van der Waals surface area contributed by atoms with Crippen LogP contribution in [0, 0.1) is 0 Å². The molecule has 3 heterocycles. The number of aldehydes is 1. The Kier molecular flexibility index (Phi) is 14.9. The van der Waals surface area contributed by atoms with Gasteiger partial charge in [0.1, 0.15) is 43.1 Å². The number of rotatable bonds is 17. The first kappa shape index (κ1) is 44.7. The quantitative estimate of drug-likeness (QED) is 0.0801. The molecule has 326 valence electrons. The van der Waals surface area contributed by atoms with E-state index in [-0.39, 0.29) is 62.6 Å². The molecule has 0 atom stereocenters.